The van der Waals surface area contributed by atoms with E-state index in [9.17, 15) is 0 Å². The fourth-order valence-corrected chi connectivity index (χ4v) is 3.68. The molecule has 2 aromatic carbocycles. The maximum absolute atomic E-state index is 6.31. The average molecular weight is 390 g/mol. The van der Waals surface area contributed by atoms with Crippen LogP contribution >= 0.6 is 0 Å². The van der Waals surface area contributed by atoms with Gasteiger partial charge in [-0.15, -0.1) is 0 Å². The first-order valence-corrected chi connectivity index (χ1v) is 10.1. The highest BCUT2D eigenvalue weighted by molar-refractivity contribution is 6.07. The Kier molecular flexibility index (Phi) is 5.01. The predicted molar refractivity (Wildman–Crippen MR) is 119 cm³/mol. The molecule has 29 heavy (non-hydrogen) atoms. The average Bonchev–Trinajstić information content (AvgIpc) is 3.02. The largest absolute Gasteiger partial charge is 0.455 e. The lowest BCUT2D eigenvalue weighted by Gasteiger charge is -2.13. The van der Waals surface area contributed by atoms with Gasteiger partial charge in [-0.3, -0.25) is 0 Å². The van der Waals surface area contributed by atoms with Crippen LogP contribution in [0.1, 0.15) is 33.0 Å². The first-order chi connectivity index (χ1) is 14.0. The second-order valence-corrected chi connectivity index (χ2v) is 7.80. The first kappa shape index (κ1) is 19.1. The van der Waals surface area contributed by atoms with Crippen molar-refractivity contribution in [3.8, 4) is 11.5 Å². The molecule has 0 saturated heterocycles. The molecule has 0 spiro atoms. The number of anilines is 2. The third-order valence-electron chi connectivity index (χ3n) is 4.92. The van der Waals surface area contributed by atoms with Gasteiger partial charge in [-0.05, 0) is 36.6 Å². The molecule has 4 N–H and O–H groups in total. The molecule has 150 valence electrons. The van der Waals surface area contributed by atoms with Gasteiger partial charge in [0, 0.05) is 24.4 Å². The molecule has 2 heterocycles. The maximum atomic E-state index is 6.31. The minimum atomic E-state index is 0.448. The Hall–Kier alpha value is -3.28. The summed E-state index contributed by atoms with van der Waals surface area (Å²) in [6, 6.07) is 13.3. The molecule has 6 heteroatoms. The number of rotatable bonds is 6. The van der Waals surface area contributed by atoms with Crippen LogP contribution in [-0.2, 0) is 13.0 Å². The molecule has 0 aliphatic carbocycles. The fraction of sp³-hybridized carbons (Fsp3) is 0.304. The van der Waals surface area contributed by atoms with Crippen molar-refractivity contribution in [1.29, 1.82) is 0 Å². The number of ether oxygens (including phenoxy) is 1. The number of aromatic nitrogens is 3. The summed E-state index contributed by atoms with van der Waals surface area (Å²) in [6.07, 6.45) is 1.94. The van der Waals surface area contributed by atoms with E-state index in [1.165, 1.54) is 0 Å². The molecule has 0 aliphatic rings. The highest BCUT2D eigenvalue weighted by Crippen LogP contribution is 2.34. The van der Waals surface area contributed by atoms with Gasteiger partial charge in [-0.2, -0.15) is 0 Å². The van der Waals surface area contributed by atoms with Crippen LogP contribution in [0.3, 0.4) is 0 Å². The molecule has 6 nitrogen and oxygen atoms in total. The second-order valence-electron chi connectivity index (χ2n) is 7.80. The Labute approximate surface area is 170 Å². The van der Waals surface area contributed by atoms with E-state index in [0.29, 0.717) is 28.9 Å². The molecule has 0 amide bonds. The van der Waals surface area contributed by atoms with Crippen LogP contribution in [0.4, 0.5) is 11.5 Å². The standard InChI is InChI=1S/C23H27N5O/c1-4-7-20-27-21-22(28(20)13-14(2)3)16-11-10-15(12-18(16)26-23(21)25)29-19-9-6-5-8-17(19)24/h5-6,8-12,14H,4,7,13,24H2,1-3H3,(H2,25,26). The van der Waals surface area contributed by atoms with Gasteiger partial charge < -0.3 is 20.8 Å². The van der Waals surface area contributed by atoms with Crippen molar-refractivity contribution in [3.63, 3.8) is 0 Å². The maximum Gasteiger partial charge on any atom is 0.152 e. The zero-order valence-electron chi connectivity index (χ0n) is 17.1. The van der Waals surface area contributed by atoms with Gasteiger partial charge in [0.05, 0.1) is 16.7 Å². The summed E-state index contributed by atoms with van der Waals surface area (Å²) in [5, 5.41) is 1.03. The first-order valence-electron chi connectivity index (χ1n) is 10.1. The zero-order valence-corrected chi connectivity index (χ0v) is 17.1. The Morgan fingerprint density at radius 1 is 1.07 bits per heavy atom. The van der Waals surface area contributed by atoms with E-state index < -0.39 is 0 Å². The molecule has 2 aromatic heterocycles. The lowest BCUT2D eigenvalue weighted by molar-refractivity contribution is 0.486. The molecule has 4 rings (SSSR count). The molecule has 0 saturated carbocycles. The second kappa shape index (κ2) is 7.62. The Bertz CT molecular complexity index is 1180. The number of nitrogens with two attached hydrogens (primary N) is 2. The number of nitrogen functional groups attached to an aromatic ring is 2. The van der Waals surface area contributed by atoms with E-state index in [-0.39, 0.29) is 0 Å². The number of para-hydroxylation sites is 2. The van der Waals surface area contributed by atoms with Crippen molar-refractivity contribution >= 4 is 33.4 Å². The van der Waals surface area contributed by atoms with E-state index in [0.717, 1.165) is 47.1 Å². The topological polar surface area (TPSA) is 92.0 Å². The van der Waals surface area contributed by atoms with Gasteiger partial charge in [0.2, 0.25) is 0 Å². The molecular formula is C23H27N5O. The van der Waals surface area contributed by atoms with Crippen LogP contribution < -0.4 is 16.2 Å². The van der Waals surface area contributed by atoms with Crippen molar-refractivity contribution in [1.82, 2.24) is 14.5 Å². The van der Waals surface area contributed by atoms with Gasteiger partial charge in [-0.1, -0.05) is 32.9 Å². The number of pyridine rings is 1. The van der Waals surface area contributed by atoms with Gasteiger partial charge in [0.1, 0.15) is 22.8 Å². The number of nitrogens with zero attached hydrogens (tertiary/aromatic N) is 3. The van der Waals surface area contributed by atoms with E-state index in [4.69, 9.17) is 21.2 Å². The van der Waals surface area contributed by atoms with Crippen LogP contribution in [0, 0.1) is 5.92 Å². The minimum absolute atomic E-state index is 0.448. The third kappa shape index (κ3) is 3.58. The van der Waals surface area contributed by atoms with Crippen molar-refractivity contribution in [2.45, 2.75) is 40.2 Å². The van der Waals surface area contributed by atoms with Crippen molar-refractivity contribution in [2.24, 2.45) is 5.92 Å². The summed E-state index contributed by atoms with van der Waals surface area (Å²) in [5.41, 5.74) is 15.5. The van der Waals surface area contributed by atoms with Gasteiger partial charge in [0.15, 0.2) is 5.82 Å². The minimum Gasteiger partial charge on any atom is -0.455 e. The summed E-state index contributed by atoms with van der Waals surface area (Å²) in [5.74, 6) is 3.30. The third-order valence-corrected chi connectivity index (χ3v) is 4.92. The van der Waals surface area contributed by atoms with E-state index >= 15 is 0 Å². The Morgan fingerprint density at radius 3 is 2.59 bits per heavy atom. The molecule has 0 radical (unpaired) electrons. The monoisotopic (exact) mass is 389 g/mol. The number of aryl methyl sites for hydroxylation is 1. The number of hydrogen-bond donors (Lipinski definition) is 2. The number of fused-ring (bicyclic) bond motifs is 3. The molecule has 0 bridgehead atoms. The van der Waals surface area contributed by atoms with Crippen LogP contribution in [-0.4, -0.2) is 14.5 Å². The number of imidazole rings is 1. The summed E-state index contributed by atoms with van der Waals surface area (Å²) in [7, 11) is 0. The van der Waals surface area contributed by atoms with Gasteiger partial charge >= 0.3 is 0 Å². The lowest BCUT2D eigenvalue weighted by atomic mass is 10.1. The molecule has 0 unspecified atom stereocenters. The number of hydrogen-bond acceptors (Lipinski definition) is 5. The van der Waals surface area contributed by atoms with Crippen LogP contribution in [0.5, 0.6) is 11.5 Å². The Morgan fingerprint density at radius 2 is 1.86 bits per heavy atom. The molecule has 4 aromatic rings. The summed E-state index contributed by atoms with van der Waals surface area (Å²) in [6.45, 7) is 7.48. The fourth-order valence-electron chi connectivity index (χ4n) is 3.68. The summed E-state index contributed by atoms with van der Waals surface area (Å²) < 4.78 is 8.28. The van der Waals surface area contributed by atoms with Gasteiger partial charge in [0.25, 0.3) is 0 Å². The quantitative estimate of drug-likeness (QED) is 0.445. The molecular weight excluding hydrogens is 362 g/mol. The normalized spacial score (nSPS) is 11.6. The smallest absolute Gasteiger partial charge is 0.152 e. The lowest BCUT2D eigenvalue weighted by Crippen LogP contribution is -2.09. The zero-order chi connectivity index (χ0) is 20.5. The molecule has 0 fully saturated rings. The van der Waals surface area contributed by atoms with E-state index in [1.807, 2.05) is 42.5 Å². The van der Waals surface area contributed by atoms with Crippen molar-refractivity contribution < 1.29 is 4.74 Å². The highest BCUT2D eigenvalue weighted by Gasteiger charge is 2.18. The van der Waals surface area contributed by atoms with Crippen LogP contribution in [0.25, 0.3) is 21.9 Å². The molecule has 0 aliphatic heterocycles. The summed E-state index contributed by atoms with van der Waals surface area (Å²) >= 11 is 0. The van der Waals surface area contributed by atoms with Crippen molar-refractivity contribution in [2.75, 3.05) is 11.5 Å². The Balaban J connectivity index is 1.88. The van der Waals surface area contributed by atoms with Gasteiger partial charge in [-0.25, -0.2) is 9.97 Å². The SMILES string of the molecule is CCCc1nc2c(N)nc3cc(Oc4ccccc4N)ccc3c2n1CC(C)C. The highest BCUT2D eigenvalue weighted by atomic mass is 16.5. The van der Waals surface area contributed by atoms with Crippen LogP contribution in [0.15, 0.2) is 42.5 Å². The van der Waals surface area contributed by atoms with Crippen molar-refractivity contribution in [3.05, 3.63) is 48.3 Å². The number of benzene rings is 2. The predicted octanol–water partition coefficient (Wildman–Crippen LogP) is 5.15. The van der Waals surface area contributed by atoms with Crippen LogP contribution in [0.2, 0.25) is 0 Å². The summed E-state index contributed by atoms with van der Waals surface area (Å²) in [4.78, 5) is 9.45. The molecule has 0 atom stereocenters. The van der Waals surface area contributed by atoms with E-state index in [1.54, 1.807) is 0 Å². The van der Waals surface area contributed by atoms with E-state index in [2.05, 4.69) is 30.3 Å².